The molecule has 4 nitrogen and oxygen atoms in total. The molecule has 1 aromatic carbocycles. The molecule has 84 valence electrons. The van der Waals surface area contributed by atoms with E-state index in [2.05, 4.69) is 4.72 Å². The molecule has 15 heavy (non-hydrogen) atoms. The standard InChI is InChI=1S/C10H16N2O2S/c1-2-3-7-12-15(13,14)10-6-4-5-9(11)8-10/h4-6,8,12H,2-3,7,11H2,1H3. The van der Waals surface area contributed by atoms with Crippen LogP contribution in [0, 0.1) is 0 Å². The van der Waals surface area contributed by atoms with E-state index in [0.717, 1.165) is 12.8 Å². The lowest BCUT2D eigenvalue weighted by Gasteiger charge is -2.06. The molecule has 0 amide bonds. The van der Waals surface area contributed by atoms with Gasteiger partial charge < -0.3 is 5.73 Å². The Hall–Kier alpha value is -1.07. The SMILES string of the molecule is CCCCNS(=O)(=O)c1cccc(N)c1. The molecule has 0 atom stereocenters. The zero-order chi connectivity index (χ0) is 11.3. The van der Waals surface area contributed by atoms with Crippen LogP contribution in [-0.2, 0) is 10.0 Å². The molecule has 0 aliphatic carbocycles. The Bertz CT molecular complexity index is 415. The zero-order valence-corrected chi connectivity index (χ0v) is 9.55. The molecule has 5 heteroatoms. The summed E-state index contributed by atoms with van der Waals surface area (Å²) >= 11 is 0. The second-order valence-electron chi connectivity index (χ2n) is 3.32. The van der Waals surface area contributed by atoms with Gasteiger partial charge in [-0.2, -0.15) is 0 Å². The maximum absolute atomic E-state index is 11.7. The quantitative estimate of drug-likeness (QED) is 0.590. The highest BCUT2D eigenvalue weighted by Gasteiger charge is 2.12. The van der Waals surface area contributed by atoms with Crippen LogP contribution in [0.3, 0.4) is 0 Å². The molecule has 0 unspecified atom stereocenters. The maximum atomic E-state index is 11.7. The van der Waals surface area contributed by atoms with Crippen LogP contribution in [-0.4, -0.2) is 15.0 Å². The van der Waals surface area contributed by atoms with Crippen molar-refractivity contribution >= 4 is 15.7 Å². The summed E-state index contributed by atoms with van der Waals surface area (Å²) in [5.74, 6) is 0. The van der Waals surface area contributed by atoms with E-state index in [1.807, 2.05) is 6.92 Å². The van der Waals surface area contributed by atoms with Gasteiger partial charge in [0.05, 0.1) is 4.90 Å². The Morgan fingerprint density at radius 2 is 2.13 bits per heavy atom. The number of benzene rings is 1. The Morgan fingerprint density at radius 1 is 1.40 bits per heavy atom. The van der Waals surface area contributed by atoms with Crippen LogP contribution >= 0.6 is 0 Å². The average molecular weight is 228 g/mol. The minimum absolute atomic E-state index is 0.221. The smallest absolute Gasteiger partial charge is 0.240 e. The van der Waals surface area contributed by atoms with Crippen molar-refractivity contribution in [2.45, 2.75) is 24.7 Å². The lowest BCUT2D eigenvalue weighted by atomic mass is 10.3. The molecule has 1 rings (SSSR count). The lowest BCUT2D eigenvalue weighted by Crippen LogP contribution is -2.24. The Balaban J connectivity index is 2.77. The second kappa shape index (κ2) is 5.14. The molecule has 0 aliphatic rings. The number of sulfonamides is 1. The van der Waals surface area contributed by atoms with E-state index in [4.69, 9.17) is 5.73 Å². The van der Waals surface area contributed by atoms with Crippen LogP contribution in [0.15, 0.2) is 29.2 Å². The van der Waals surface area contributed by atoms with Crippen molar-refractivity contribution in [2.24, 2.45) is 0 Å². The van der Waals surface area contributed by atoms with Gasteiger partial charge in [-0.25, -0.2) is 13.1 Å². The van der Waals surface area contributed by atoms with Gasteiger partial charge in [-0.1, -0.05) is 19.4 Å². The van der Waals surface area contributed by atoms with Crippen molar-refractivity contribution in [1.29, 1.82) is 0 Å². The lowest BCUT2D eigenvalue weighted by molar-refractivity contribution is 0.578. The van der Waals surface area contributed by atoms with Gasteiger partial charge in [0.2, 0.25) is 10.0 Å². The fourth-order valence-electron chi connectivity index (χ4n) is 1.15. The largest absolute Gasteiger partial charge is 0.399 e. The predicted octanol–water partition coefficient (Wildman–Crippen LogP) is 1.35. The van der Waals surface area contributed by atoms with Crippen LogP contribution in [0.25, 0.3) is 0 Å². The van der Waals surface area contributed by atoms with Crippen LogP contribution in [0.5, 0.6) is 0 Å². The van der Waals surface area contributed by atoms with Gasteiger partial charge in [0, 0.05) is 12.2 Å². The van der Waals surface area contributed by atoms with E-state index >= 15 is 0 Å². The molecular formula is C10H16N2O2S. The fourth-order valence-corrected chi connectivity index (χ4v) is 2.28. The van der Waals surface area contributed by atoms with Gasteiger partial charge in [0.15, 0.2) is 0 Å². The summed E-state index contributed by atoms with van der Waals surface area (Å²) in [7, 11) is -3.39. The summed E-state index contributed by atoms with van der Waals surface area (Å²) in [5, 5.41) is 0. The molecule has 0 spiro atoms. The molecule has 3 N–H and O–H groups in total. The highest BCUT2D eigenvalue weighted by molar-refractivity contribution is 7.89. The summed E-state index contributed by atoms with van der Waals surface area (Å²) < 4.78 is 25.9. The first-order valence-corrected chi connectivity index (χ1v) is 6.40. The molecule has 0 aliphatic heterocycles. The minimum atomic E-state index is -3.39. The second-order valence-corrected chi connectivity index (χ2v) is 5.09. The van der Waals surface area contributed by atoms with Gasteiger partial charge in [0.1, 0.15) is 0 Å². The zero-order valence-electron chi connectivity index (χ0n) is 8.73. The van der Waals surface area contributed by atoms with Gasteiger partial charge in [-0.05, 0) is 24.6 Å². The number of hydrogen-bond donors (Lipinski definition) is 2. The third kappa shape index (κ3) is 3.53. The topological polar surface area (TPSA) is 72.2 Å². The average Bonchev–Trinajstić information content (AvgIpc) is 2.18. The molecular weight excluding hydrogens is 212 g/mol. The van der Waals surface area contributed by atoms with Crippen molar-refractivity contribution in [3.63, 3.8) is 0 Å². The van der Waals surface area contributed by atoms with Crippen molar-refractivity contribution in [1.82, 2.24) is 4.72 Å². The monoisotopic (exact) mass is 228 g/mol. The van der Waals surface area contributed by atoms with E-state index in [1.165, 1.54) is 12.1 Å². The van der Waals surface area contributed by atoms with Crippen LogP contribution in [0.1, 0.15) is 19.8 Å². The Kier molecular flexibility index (Phi) is 4.11. The van der Waals surface area contributed by atoms with E-state index in [1.54, 1.807) is 12.1 Å². The number of hydrogen-bond acceptors (Lipinski definition) is 3. The molecule has 0 aromatic heterocycles. The van der Waals surface area contributed by atoms with Gasteiger partial charge in [-0.15, -0.1) is 0 Å². The van der Waals surface area contributed by atoms with E-state index < -0.39 is 10.0 Å². The Morgan fingerprint density at radius 3 is 2.73 bits per heavy atom. The predicted molar refractivity (Wildman–Crippen MR) is 61.0 cm³/mol. The van der Waals surface area contributed by atoms with Crippen molar-refractivity contribution in [3.05, 3.63) is 24.3 Å². The first kappa shape index (κ1) is 12.0. The van der Waals surface area contributed by atoms with Gasteiger partial charge >= 0.3 is 0 Å². The van der Waals surface area contributed by atoms with Crippen LogP contribution < -0.4 is 10.5 Å². The van der Waals surface area contributed by atoms with E-state index in [9.17, 15) is 8.42 Å². The normalized spacial score (nSPS) is 11.5. The molecule has 0 bridgehead atoms. The third-order valence-electron chi connectivity index (χ3n) is 1.99. The number of nitrogen functional groups attached to an aromatic ring is 1. The number of rotatable bonds is 5. The first-order chi connectivity index (χ1) is 7.06. The number of nitrogens with two attached hydrogens (primary N) is 1. The number of unbranched alkanes of at least 4 members (excludes halogenated alkanes) is 1. The minimum Gasteiger partial charge on any atom is -0.399 e. The highest BCUT2D eigenvalue weighted by atomic mass is 32.2. The van der Waals surface area contributed by atoms with Crippen LogP contribution in [0.4, 0.5) is 5.69 Å². The van der Waals surface area contributed by atoms with Crippen molar-refractivity contribution < 1.29 is 8.42 Å². The molecule has 0 heterocycles. The summed E-state index contributed by atoms with van der Waals surface area (Å²) in [6, 6.07) is 6.27. The molecule has 0 radical (unpaired) electrons. The van der Waals surface area contributed by atoms with Crippen molar-refractivity contribution in [3.8, 4) is 0 Å². The summed E-state index contributed by atoms with van der Waals surface area (Å²) in [6.45, 7) is 2.47. The van der Waals surface area contributed by atoms with Crippen LogP contribution in [0.2, 0.25) is 0 Å². The summed E-state index contributed by atoms with van der Waals surface area (Å²) in [4.78, 5) is 0.221. The third-order valence-corrected chi connectivity index (χ3v) is 3.45. The molecule has 0 fully saturated rings. The maximum Gasteiger partial charge on any atom is 0.240 e. The Labute approximate surface area is 90.5 Å². The number of nitrogens with one attached hydrogen (secondary N) is 1. The molecule has 0 saturated heterocycles. The molecule has 0 saturated carbocycles. The first-order valence-electron chi connectivity index (χ1n) is 4.91. The van der Waals surface area contributed by atoms with Gasteiger partial charge in [0.25, 0.3) is 0 Å². The molecule has 1 aromatic rings. The number of anilines is 1. The van der Waals surface area contributed by atoms with Crippen molar-refractivity contribution in [2.75, 3.05) is 12.3 Å². The van der Waals surface area contributed by atoms with E-state index in [0.29, 0.717) is 12.2 Å². The summed E-state index contributed by atoms with van der Waals surface area (Å²) in [6.07, 6.45) is 1.79. The summed E-state index contributed by atoms with van der Waals surface area (Å²) in [5.41, 5.74) is 5.97. The highest BCUT2D eigenvalue weighted by Crippen LogP contribution is 2.12. The fraction of sp³-hybridized carbons (Fsp3) is 0.400. The van der Waals surface area contributed by atoms with Gasteiger partial charge in [-0.3, -0.25) is 0 Å². The van der Waals surface area contributed by atoms with E-state index in [-0.39, 0.29) is 4.90 Å².